The van der Waals surface area contributed by atoms with Gasteiger partial charge in [0.25, 0.3) is 0 Å². The van der Waals surface area contributed by atoms with Crippen molar-refractivity contribution in [3.63, 3.8) is 0 Å². The lowest BCUT2D eigenvalue weighted by atomic mass is 9.81. The van der Waals surface area contributed by atoms with E-state index in [0.29, 0.717) is 31.4 Å². The monoisotopic (exact) mass is 331 g/mol. The number of methoxy groups -OCH3 is 1. The largest absolute Gasteiger partial charge is 0.378 e. The van der Waals surface area contributed by atoms with Crippen LogP contribution >= 0.6 is 11.3 Å². The lowest BCUT2D eigenvalue weighted by molar-refractivity contribution is -0.133. The van der Waals surface area contributed by atoms with E-state index in [4.69, 9.17) is 4.74 Å². The molecule has 0 aliphatic heterocycles. The van der Waals surface area contributed by atoms with E-state index in [1.807, 2.05) is 13.0 Å². The lowest BCUT2D eigenvalue weighted by Gasteiger charge is -2.19. The second kappa shape index (κ2) is 6.29. The number of rotatable bonds is 4. The minimum Gasteiger partial charge on any atom is -0.378 e. The van der Waals surface area contributed by atoms with Gasteiger partial charge in [-0.25, -0.2) is 4.98 Å². The number of benzene rings is 1. The van der Waals surface area contributed by atoms with Gasteiger partial charge >= 0.3 is 0 Å². The third-order valence-corrected chi connectivity index (χ3v) is 5.14. The Kier molecular flexibility index (Phi) is 4.37. The van der Waals surface area contributed by atoms with Gasteiger partial charge in [-0.15, -0.1) is 11.3 Å². The zero-order chi connectivity index (χ0) is 16.6. The zero-order valence-electron chi connectivity index (χ0n) is 13.0. The number of Topliss-reactive ketones (excluding diaryl/α,β-unsaturated/α-hetero) is 3. The van der Waals surface area contributed by atoms with Crippen molar-refractivity contribution in [2.75, 3.05) is 7.11 Å². The van der Waals surface area contributed by atoms with E-state index < -0.39 is 5.92 Å². The molecule has 1 aliphatic rings. The van der Waals surface area contributed by atoms with Crippen molar-refractivity contribution in [2.24, 2.45) is 5.92 Å². The maximum Gasteiger partial charge on any atom is 0.181 e. The van der Waals surface area contributed by atoms with Gasteiger partial charge in [0.05, 0.1) is 16.8 Å². The van der Waals surface area contributed by atoms with Crippen molar-refractivity contribution in [3.8, 4) is 0 Å². The molecule has 0 amide bonds. The summed E-state index contributed by atoms with van der Waals surface area (Å²) < 4.78 is 6.06. The molecule has 23 heavy (non-hydrogen) atoms. The van der Waals surface area contributed by atoms with Crippen LogP contribution in [0.25, 0.3) is 10.2 Å². The molecule has 0 atom stereocenters. The molecule has 120 valence electrons. The number of carbonyl (C=O) groups excluding carboxylic acids is 3. The van der Waals surface area contributed by atoms with Gasteiger partial charge < -0.3 is 4.74 Å². The number of hydrogen-bond acceptors (Lipinski definition) is 6. The standard InChI is InChI=1S/C17H17NO4S/c1-9-10(17(21)15-11(19)4-3-5-12(15)20)6-7-13-16(9)18-14(23-13)8-22-2/h6-7,15H,3-5,8H2,1-2H3. The van der Waals surface area contributed by atoms with Gasteiger partial charge in [-0.3, -0.25) is 14.4 Å². The molecule has 1 fully saturated rings. The first-order valence-electron chi connectivity index (χ1n) is 7.50. The Morgan fingerprint density at radius 3 is 2.65 bits per heavy atom. The molecular weight excluding hydrogens is 314 g/mol. The van der Waals surface area contributed by atoms with Crippen LogP contribution in [-0.4, -0.2) is 29.4 Å². The summed E-state index contributed by atoms with van der Waals surface area (Å²) in [7, 11) is 1.61. The summed E-state index contributed by atoms with van der Waals surface area (Å²) in [6.45, 7) is 2.23. The van der Waals surface area contributed by atoms with Gasteiger partial charge in [0.15, 0.2) is 17.3 Å². The highest BCUT2D eigenvalue weighted by Gasteiger charge is 2.37. The quantitative estimate of drug-likeness (QED) is 0.636. The maximum atomic E-state index is 12.7. The molecule has 5 nitrogen and oxygen atoms in total. The molecule has 1 aromatic carbocycles. The Morgan fingerprint density at radius 1 is 1.30 bits per heavy atom. The summed E-state index contributed by atoms with van der Waals surface area (Å²) in [5.41, 5.74) is 1.88. The molecule has 0 bridgehead atoms. The molecule has 0 spiro atoms. The highest BCUT2D eigenvalue weighted by molar-refractivity contribution is 7.18. The van der Waals surface area contributed by atoms with Crippen LogP contribution in [0.3, 0.4) is 0 Å². The molecular formula is C17H17NO4S. The molecule has 0 N–H and O–H groups in total. The van der Waals surface area contributed by atoms with E-state index in [2.05, 4.69) is 4.98 Å². The molecule has 0 saturated heterocycles. The first-order chi connectivity index (χ1) is 11.0. The topological polar surface area (TPSA) is 73.3 Å². The van der Waals surface area contributed by atoms with E-state index in [0.717, 1.165) is 20.8 Å². The normalized spacial score (nSPS) is 16.3. The lowest BCUT2D eigenvalue weighted by Crippen LogP contribution is -2.35. The van der Waals surface area contributed by atoms with Crippen LogP contribution in [-0.2, 0) is 20.9 Å². The van der Waals surface area contributed by atoms with Crippen LogP contribution in [0.1, 0.15) is 40.2 Å². The molecule has 0 unspecified atom stereocenters. The summed E-state index contributed by atoms with van der Waals surface area (Å²) in [5.74, 6) is -2.04. The number of thiazole rings is 1. The van der Waals surface area contributed by atoms with Crippen LogP contribution < -0.4 is 0 Å². The first kappa shape index (κ1) is 16.0. The SMILES string of the molecule is COCc1nc2c(C)c(C(=O)C3C(=O)CCCC3=O)ccc2s1. The summed E-state index contributed by atoms with van der Waals surface area (Å²) in [6, 6.07) is 3.52. The third kappa shape index (κ3) is 2.84. The van der Waals surface area contributed by atoms with Crippen molar-refractivity contribution in [2.45, 2.75) is 32.8 Å². The summed E-state index contributed by atoms with van der Waals surface area (Å²) in [6.07, 6.45) is 1.15. The molecule has 6 heteroatoms. The number of carbonyl (C=O) groups is 3. The first-order valence-corrected chi connectivity index (χ1v) is 8.32. The van der Waals surface area contributed by atoms with Gasteiger partial charge in [-0.1, -0.05) is 0 Å². The van der Waals surface area contributed by atoms with Gasteiger partial charge in [0.1, 0.15) is 10.9 Å². The van der Waals surface area contributed by atoms with Crippen molar-refractivity contribution >= 4 is 38.9 Å². The Morgan fingerprint density at radius 2 is 2.00 bits per heavy atom. The molecule has 3 rings (SSSR count). The van der Waals surface area contributed by atoms with Crippen LogP contribution in [0.4, 0.5) is 0 Å². The van der Waals surface area contributed by atoms with Gasteiger partial charge in [-0.05, 0) is 31.0 Å². The summed E-state index contributed by atoms with van der Waals surface area (Å²) >= 11 is 1.51. The van der Waals surface area contributed by atoms with Crippen molar-refractivity contribution < 1.29 is 19.1 Å². The Hall–Kier alpha value is -1.92. The summed E-state index contributed by atoms with van der Waals surface area (Å²) in [5, 5.41) is 0.833. The van der Waals surface area contributed by atoms with E-state index >= 15 is 0 Å². The fraction of sp³-hybridized carbons (Fsp3) is 0.412. The average molecular weight is 331 g/mol. The highest BCUT2D eigenvalue weighted by atomic mass is 32.1. The van der Waals surface area contributed by atoms with Crippen LogP contribution in [0.5, 0.6) is 0 Å². The average Bonchev–Trinajstić information content (AvgIpc) is 2.91. The van der Waals surface area contributed by atoms with E-state index in [-0.39, 0.29) is 17.3 Å². The van der Waals surface area contributed by atoms with Gasteiger partial charge in [-0.2, -0.15) is 0 Å². The minimum atomic E-state index is -1.13. The number of fused-ring (bicyclic) bond motifs is 1. The van der Waals surface area contributed by atoms with Gasteiger partial charge in [0, 0.05) is 25.5 Å². The molecule has 2 aromatic rings. The van der Waals surface area contributed by atoms with Crippen molar-refractivity contribution in [1.29, 1.82) is 0 Å². The number of ketones is 3. The molecule has 1 saturated carbocycles. The molecule has 1 aliphatic carbocycles. The van der Waals surface area contributed by atoms with Crippen molar-refractivity contribution in [1.82, 2.24) is 4.98 Å². The minimum absolute atomic E-state index is 0.260. The van der Waals surface area contributed by atoms with Crippen LogP contribution in [0.15, 0.2) is 12.1 Å². The maximum absolute atomic E-state index is 12.7. The number of hydrogen-bond donors (Lipinski definition) is 0. The van der Waals surface area contributed by atoms with Crippen molar-refractivity contribution in [3.05, 3.63) is 28.3 Å². The van der Waals surface area contributed by atoms with Crippen LogP contribution in [0, 0.1) is 12.8 Å². The van der Waals surface area contributed by atoms with Crippen LogP contribution in [0.2, 0.25) is 0 Å². The number of aryl methyl sites for hydroxylation is 1. The van der Waals surface area contributed by atoms with E-state index in [9.17, 15) is 14.4 Å². The second-order valence-corrected chi connectivity index (χ2v) is 6.82. The third-order valence-electron chi connectivity index (χ3n) is 4.14. The number of nitrogens with zero attached hydrogens (tertiary/aromatic N) is 1. The summed E-state index contributed by atoms with van der Waals surface area (Å²) in [4.78, 5) is 41.3. The Balaban J connectivity index is 2.02. The zero-order valence-corrected chi connectivity index (χ0v) is 13.9. The van der Waals surface area contributed by atoms with Gasteiger partial charge in [0.2, 0.25) is 0 Å². The van der Waals surface area contributed by atoms with E-state index in [1.165, 1.54) is 11.3 Å². The number of aromatic nitrogens is 1. The Labute approximate surface area is 137 Å². The van der Waals surface area contributed by atoms with E-state index in [1.54, 1.807) is 13.2 Å². The molecule has 0 radical (unpaired) electrons. The molecule has 1 aromatic heterocycles. The second-order valence-electron chi connectivity index (χ2n) is 5.71. The predicted octanol–water partition coefficient (Wildman–Crippen LogP) is 2.87. The Bertz CT molecular complexity index is 792. The number of ether oxygens (including phenoxy) is 1. The fourth-order valence-corrected chi connectivity index (χ4v) is 3.98. The highest BCUT2D eigenvalue weighted by Crippen LogP contribution is 2.30. The molecule has 1 heterocycles. The predicted molar refractivity (Wildman–Crippen MR) is 86.8 cm³/mol. The fourth-order valence-electron chi connectivity index (χ4n) is 2.98. The smallest absolute Gasteiger partial charge is 0.181 e.